The maximum Gasteiger partial charge on any atom is 0.123 e. The quantitative estimate of drug-likeness (QED) is 0.793. The van der Waals surface area contributed by atoms with Crippen molar-refractivity contribution in [3.05, 3.63) is 29.8 Å². The van der Waals surface area contributed by atoms with Gasteiger partial charge in [-0.25, -0.2) is 0 Å². The molecule has 0 bridgehead atoms. The Bertz CT molecular complexity index is 399. The lowest BCUT2D eigenvalue weighted by atomic mass is 10.2. The number of hydrogen-bond acceptors (Lipinski definition) is 4. The molecule has 0 fully saturated rings. The van der Waals surface area contributed by atoms with Gasteiger partial charge in [0, 0.05) is 25.2 Å². The van der Waals surface area contributed by atoms with E-state index in [-0.39, 0.29) is 0 Å². The van der Waals surface area contributed by atoms with Crippen molar-refractivity contribution in [1.82, 2.24) is 4.90 Å². The van der Waals surface area contributed by atoms with Gasteiger partial charge in [0.2, 0.25) is 0 Å². The molecular formula is C12H15N3O. The highest BCUT2D eigenvalue weighted by Crippen LogP contribution is 2.22. The van der Waals surface area contributed by atoms with Gasteiger partial charge in [0.05, 0.1) is 6.07 Å². The predicted octanol–water partition coefficient (Wildman–Crippen LogP) is 0.732. The molecule has 2 rings (SSSR count). The second-order valence-electron chi connectivity index (χ2n) is 3.93. The Labute approximate surface area is 95.2 Å². The summed E-state index contributed by atoms with van der Waals surface area (Å²) in [6.07, 6.45) is 0. The number of nitrogens with two attached hydrogens (primary N) is 1. The molecule has 4 heteroatoms. The molecule has 0 saturated heterocycles. The molecule has 1 unspecified atom stereocenters. The zero-order valence-corrected chi connectivity index (χ0v) is 9.10. The average Bonchev–Trinajstić information content (AvgIpc) is 2.50. The predicted molar refractivity (Wildman–Crippen MR) is 60.8 cm³/mol. The summed E-state index contributed by atoms with van der Waals surface area (Å²) in [7, 11) is 0. The number of rotatable bonds is 2. The molecule has 16 heavy (non-hydrogen) atoms. The fraction of sp³-hybridized carbons (Fsp3) is 0.417. The number of benzene rings is 1. The van der Waals surface area contributed by atoms with Crippen LogP contribution in [0.3, 0.4) is 0 Å². The van der Waals surface area contributed by atoms with Gasteiger partial charge in [-0.05, 0) is 6.07 Å². The molecule has 0 radical (unpaired) electrons. The molecule has 4 nitrogen and oxygen atoms in total. The largest absolute Gasteiger partial charge is 0.492 e. The first kappa shape index (κ1) is 10.9. The van der Waals surface area contributed by atoms with Crippen LogP contribution in [0.1, 0.15) is 5.56 Å². The van der Waals surface area contributed by atoms with Gasteiger partial charge < -0.3 is 10.5 Å². The minimum atomic E-state index is -0.426. The average molecular weight is 217 g/mol. The second-order valence-corrected chi connectivity index (χ2v) is 3.93. The molecule has 1 heterocycles. The van der Waals surface area contributed by atoms with Crippen molar-refractivity contribution in [2.45, 2.75) is 12.6 Å². The van der Waals surface area contributed by atoms with Crippen molar-refractivity contribution < 1.29 is 4.74 Å². The highest BCUT2D eigenvalue weighted by atomic mass is 16.5. The molecule has 0 spiro atoms. The normalized spacial score (nSPS) is 17.8. The van der Waals surface area contributed by atoms with E-state index < -0.39 is 6.04 Å². The van der Waals surface area contributed by atoms with E-state index in [9.17, 15) is 0 Å². The van der Waals surface area contributed by atoms with Gasteiger partial charge in [-0.15, -0.1) is 0 Å². The van der Waals surface area contributed by atoms with Gasteiger partial charge in [0.25, 0.3) is 0 Å². The molecular weight excluding hydrogens is 202 g/mol. The van der Waals surface area contributed by atoms with Gasteiger partial charge >= 0.3 is 0 Å². The van der Waals surface area contributed by atoms with E-state index in [2.05, 4.69) is 11.0 Å². The lowest BCUT2D eigenvalue weighted by Crippen LogP contribution is -2.37. The summed E-state index contributed by atoms with van der Waals surface area (Å²) in [5, 5.41) is 8.70. The Balaban J connectivity index is 2.08. The van der Waals surface area contributed by atoms with Crippen molar-refractivity contribution in [3.63, 3.8) is 0 Å². The summed E-state index contributed by atoms with van der Waals surface area (Å²) in [5.41, 5.74) is 6.79. The Morgan fingerprint density at radius 3 is 3.12 bits per heavy atom. The molecule has 1 aliphatic rings. The van der Waals surface area contributed by atoms with Gasteiger partial charge in [0.1, 0.15) is 18.4 Å². The summed E-state index contributed by atoms with van der Waals surface area (Å²) in [6, 6.07) is 9.61. The number of ether oxygens (including phenoxy) is 1. The summed E-state index contributed by atoms with van der Waals surface area (Å²) in [6.45, 7) is 2.85. The first-order valence-corrected chi connectivity index (χ1v) is 5.38. The molecule has 1 atom stereocenters. The minimum Gasteiger partial charge on any atom is -0.492 e. The van der Waals surface area contributed by atoms with Crippen molar-refractivity contribution in [2.75, 3.05) is 19.7 Å². The third-order valence-electron chi connectivity index (χ3n) is 2.65. The van der Waals surface area contributed by atoms with Crippen molar-refractivity contribution in [2.24, 2.45) is 5.73 Å². The second kappa shape index (κ2) is 4.97. The maximum atomic E-state index is 8.70. The first-order valence-electron chi connectivity index (χ1n) is 5.38. The van der Waals surface area contributed by atoms with E-state index in [0.717, 1.165) is 24.4 Å². The Morgan fingerprint density at radius 2 is 2.31 bits per heavy atom. The molecule has 1 aromatic carbocycles. The van der Waals surface area contributed by atoms with Crippen LogP contribution < -0.4 is 10.5 Å². The third-order valence-corrected chi connectivity index (χ3v) is 2.65. The Kier molecular flexibility index (Phi) is 3.40. The van der Waals surface area contributed by atoms with E-state index in [1.54, 1.807) is 0 Å². The number of nitriles is 1. The fourth-order valence-electron chi connectivity index (χ4n) is 1.85. The maximum absolute atomic E-state index is 8.70. The molecule has 0 amide bonds. The summed E-state index contributed by atoms with van der Waals surface area (Å²) < 4.78 is 5.63. The van der Waals surface area contributed by atoms with Crippen LogP contribution in [0.4, 0.5) is 0 Å². The Hall–Kier alpha value is -1.57. The highest BCUT2D eigenvalue weighted by molar-refractivity contribution is 5.33. The first-order chi connectivity index (χ1) is 7.79. The summed E-state index contributed by atoms with van der Waals surface area (Å²) in [5.74, 6) is 0.940. The van der Waals surface area contributed by atoms with Crippen LogP contribution in [0.2, 0.25) is 0 Å². The lowest BCUT2D eigenvalue weighted by Gasteiger charge is -2.19. The zero-order chi connectivity index (χ0) is 11.4. The van der Waals surface area contributed by atoms with Gasteiger partial charge in [0.15, 0.2) is 0 Å². The highest BCUT2D eigenvalue weighted by Gasteiger charge is 2.16. The molecule has 0 aliphatic carbocycles. The Morgan fingerprint density at radius 1 is 1.50 bits per heavy atom. The van der Waals surface area contributed by atoms with Crippen molar-refractivity contribution in [1.29, 1.82) is 5.26 Å². The summed E-state index contributed by atoms with van der Waals surface area (Å²) >= 11 is 0. The van der Waals surface area contributed by atoms with E-state index in [1.165, 1.54) is 0 Å². The van der Waals surface area contributed by atoms with E-state index in [4.69, 9.17) is 15.7 Å². The fourth-order valence-corrected chi connectivity index (χ4v) is 1.85. The van der Waals surface area contributed by atoms with Crippen LogP contribution in [0, 0.1) is 11.3 Å². The van der Waals surface area contributed by atoms with E-state index in [1.807, 2.05) is 24.3 Å². The van der Waals surface area contributed by atoms with Crippen LogP contribution in [-0.2, 0) is 6.54 Å². The molecule has 0 saturated carbocycles. The van der Waals surface area contributed by atoms with Crippen molar-refractivity contribution in [3.8, 4) is 11.8 Å². The molecule has 2 N–H and O–H groups in total. The molecule has 1 aromatic rings. The van der Waals surface area contributed by atoms with Crippen LogP contribution in [0.25, 0.3) is 0 Å². The van der Waals surface area contributed by atoms with Gasteiger partial charge in [-0.2, -0.15) is 5.26 Å². The van der Waals surface area contributed by atoms with Crippen LogP contribution in [0.5, 0.6) is 5.75 Å². The smallest absolute Gasteiger partial charge is 0.123 e. The number of hydrogen-bond donors (Lipinski definition) is 1. The molecule has 84 valence electrons. The number of fused-ring (bicyclic) bond motifs is 1. The lowest BCUT2D eigenvalue weighted by molar-refractivity contribution is 0.223. The van der Waals surface area contributed by atoms with E-state index >= 15 is 0 Å². The molecule has 0 aromatic heterocycles. The minimum absolute atomic E-state index is 0.426. The topological polar surface area (TPSA) is 62.3 Å². The molecule has 1 aliphatic heterocycles. The third kappa shape index (κ3) is 2.51. The SMILES string of the molecule is N#CC(N)CN1CCOc2ccccc2C1. The van der Waals surface area contributed by atoms with E-state index in [0.29, 0.717) is 13.2 Å². The standard InChI is InChI=1S/C12H15N3O/c13-7-11(14)9-15-5-6-16-12-4-2-1-3-10(12)8-15/h1-4,11H,5-6,8-9,14H2. The zero-order valence-electron chi connectivity index (χ0n) is 9.10. The number of para-hydroxylation sites is 1. The van der Waals surface area contributed by atoms with Crippen LogP contribution in [-0.4, -0.2) is 30.6 Å². The van der Waals surface area contributed by atoms with Crippen molar-refractivity contribution >= 4 is 0 Å². The number of nitrogens with zero attached hydrogens (tertiary/aromatic N) is 2. The van der Waals surface area contributed by atoms with Gasteiger partial charge in [-0.1, -0.05) is 18.2 Å². The summed E-state index contributed by atoms with van der Waals surface area (Å²) in [4.78, 5) is 2.15. The van der Waals surface area contributed by atoms with Crippen LogP contribution in [0.15, 0.2) is 24.3 Å². The monoisotopic (exact) mass is 217 g/mol. The van der Waals surface area contributed by atoms with Gasteiger partial charge in [-0.3, -0.25) is 4.90 Å². The van der Waals surface area contributed by atoms with Crippen LogP contribution >= 0.6 is 0 Å².